The molecule has 1 aliphatic carbocycles. The fraction of sp³-hybridized carbons (Fsp3) is 0.786. The van der Waals surface area contributed by atoms with Crippen LogP contribution in [0.15, 0.2) is 9.52 Å². The second kappa shape index (κ2) is 9.98. The van der Waals surface area contributed by atoms with Gasteiger partial charge in [0.2, 0.25) is 5.89 Å². The first kappa shape index (κ1) is 19.1. The predicted octanol–water partition coefficient (Wildman–Crippen LogP) is 2.39. The molecule has 0 aromatic carbocycles. The summed E-state index contributed by atoms with van der Waals surface area (Å²) in [7, 11) is 1.76. The number of nitrogens with zero attached hydrogens (tertiary/aromatic N) is 3. The monoisotopic (exact) mass is 423 g/mol. The minimum atomic E-state index is -0.150. The normalized spacial score (nSPS) is 17.1. The van der Waals surface area contributed by atoms with Gasteiger partial charge in [-0.3, -0.25) is 4.99 Å². The molecule has 126 valence electrons. The van der Waals surface area contributed by atoms with E-state index < -0.39 is 0 Å². The van der Waals surface area contributed by atoms with Gasteiger partial charge in [0.1, 0.15) is 6.10 Å². The third-order valence-electron chi connectivity index (χ3n) is 3.59. The average molecular weight is 423 g/mol. The number of nitrogens with one attached hydrogen (secondary N) is 2. The van der Waals surface area contributed by atoms with Crippen molar-refractivity contribution in [1.29, 1.82) is 0 Å². The Labute approximate surface area is 148 Å². The van der Waals surface area contributed by atoms with Gasteiger partial charge < -0.3 is 19.9 Å². The largest absolute Gasteiger partial charge is 0.371 e. The lowest BCUT2D eigenvalue weighted by atomic mass is 10.2. The molecule has 1 fully saturated rings. The lowest BCUT2D eigenvalue weighted by Gasteiger charge is -2.15. The van der Waals surface area contributed by atoms with E-state index in [9.17, 15) is 0 Å². The van der Waals surface area contributed by atoms with Gasteiger partial charge in [0.05, 0.1) is 6.54 Å². The molecule has 0 amide bonds. The van der Waals surface area contributed by atoms with Crippen molar-refractivity contribution in [3.63, 3.8) is 0 Å². The first-order valence-electron chi connectivity index (χ1n) is 7.64. The molecule has 0 spiro atoms. The summed E-state index contributed by atoms with van der Waals surface area (Å²) < 4.78 is 10.6. The van der Waals surface area contributed by atoms with E-state index >= 15 is 0 Å². The van der Waals surface area contributed by atoms with Gasteiger partial charge >= 0.3 is 0 Å². The maximum atomic E-state index is 5.44. The third-order valence-corrected chi connectivity index (χ3v) is 3.59. The van der Waals surface area contributed by atoms with Crippen LogP contribution < -0.4 is 10.6 Å². The molecule has 0 aliphatic heterocycles. The Morgan fingerprint density at radius 1 is 1.45 bits per heavy atom. The first-order valence-corrected chi connectivity index (χ1v) is 7.64. The maximum Gasteiger partial charge on any atom is 0.246 e. The Hall–Kier alpha value is -0.900. The van der Waals surface area contributed by atoms with E-state index in [-0.39, 0.29) is 30.1 Å². The van der Waals surface area contributed by atoms with Crippen LogP contribution in [0.1, 0.15) is 57.3 Å². The number of ether oxygens (including phenoxy) is 1. The first-order chi connectivity index (χ1) is 10.2. The summed E-state index contributed by atoms with van der Waals surface area (Å²) >= 11 is 0. The minimum Gasteiger partial charge on any atom is -0.371 e. The second-order valence-electron chi connectivity index (χ2n) is 5.20. The van der Waals surface area contributed by atoms with Gasteiger partial charge in [0, 0.05) is 19.7 Å². The molecular formula is C14H26IN5O2. The number of halogens is 1. The Balaban J connectivity index is 0.00000242. The summed E-state index contributed by atoms with van der Waals surface area (Å²) in [6, 6.07) is 0.521. The van der Waals surface area contributed by atoms with Crippen LogP contribution >= 0.6 is 24.0 Å². The molecule has 8 heteroatoms. The van der Waals surface area contributed by atoms with Gasteiger partial charge in [-0.25, -0.2) is 0 Å². The number of aliphatic imine (C=N–C) groups is 1. The van der Waals surface area contributed by atoms with E-state index in [0.717, 1.165) is 5.96 Å². The second-order valence-corrected chi connectivity index (χ2v) is 5.20. The fourth-order valence-electron chi connectivity index (χ4n) is 2.45. The highest BCUT2D eigenvalue weighted by Crippen LogP contribution is 2.17. The van der Waals surface area contributed by atoms with Gasteiger partial charge in [-0.2, -0.15) is 4.98 Å². The molecule has 1 atom stereocenters. The molecule has 0 bridgehead atoms. The molecule has 1 unspecified atom stereocenters. The topological polar surface area (TPSA) is 84.6 Å². The summed E-state index contributed by atoms with van der Waals surface area (Å²) in [6.45, 7) is 4.93. The molecule has 1 aliphatic rings. The Morgan fingerprint density at radius 3 is 2.82 bits per heavy atom. The summed E-state index contributed by atoms with van der Waals surface area (Å²) in [5.74, 6) is 1.89. The molecule has 1 aromatic heterocycles. The summed E-state index contributed by atoms with van der Waals surface area (Å²) in [4.78, 5) is 8.54. The van der Waals surface area contributed by atoms with Crippen molar-refractivity contribution < 1.29 is 9.26 Å². The van der Waals surface area contributed by atoms with Gasteiger partial charge in [0.25, 0.3) is 0 Å². The fourth-order valence-corrected chi connectivity index (χ4v) is 2.45. The van der Waals surface area contributed by atoms with Crippen molar-refractivity contribution in [1.82, 2.24) is 20.8 Å². The molecule has 1 aromatic rings. The minimum absolute atomic E-state index is 0. The molecule has 0 saturated heterocycles. The molecule has 1 heterocycles. The van der Waals surface area contributed by atoms with E-state index in [1.807, 2.05) is 13.8 Å². The van der Waals surface area contributed by atoms with E-state index in [2.05, 4.69) is 25.8 Å². The van der Waals surface area contributed by atoms with Crippen LogP contribution in [0.2, 0.25) is 0 Å². The van der Waals surface area contributed by atoms with Crippen molar-refractivity contribution in [3.05, 3.63) is 11.7 Å². The van der Waals surface area contributed by atoms with Gasteiger partial charge in [-0.05, 0) is 26.7 Å². The van der Waals surface area contributed by atoms with E-state index in [0.29, 0.717) is 30.9 Å². The highest BCUT2D eigenvalue weighted by molar-refractivity contribution is 14.0. The van der Waals surface area contributed by atoms with Crippen LogP contribution in [-0.4, -0.2) is 35.8 Å². The van der Waals surface area contributed by atoms with E-state index in [4.69, 9.17) is 9.26 Å². The van der Waals surface area contributed by atoms with Gasteiger partial charge in [-0.15, -0.1) is 24.0 Å². The molecule has 2 rings (SSSR count). The number of aromatic nitrogens is 2. The zero-order valence-corrected chi connectivity index (χ0v) is 15.8. The molecule has 0 radical (unpaired) electrons. The Bertz CT molecular complexity index is 460. The highest BCUT2D eigenvalue weighted by atomic mass is 127. The number of rotatable bonds is 6. The van der Waals surface area contributed by atoms with Crippen LogP contribution in [0, 0.1) is 0 Å². The van der Waals surface area contributed by atoms with Crippen LogP contribution in [0.3, 0.4) is 0 Å². The average Bonchev–Trinajstić information content (AvgIpc) is 3.15. The van der Waals surface area contributed by atoms with Crippen molar-refractivity contribution in [3.8, 4) is 0 Å². The SMILES string of the molecule is CCOC(C)c1noc(CNC(=NC)NC2CCCC2)n1.I. The van der Waals surface area contributed by atoms with Crippen molar-refractivity contribution in [2.24, 2.45) is 4.99 Å². The number of hydrogen-bond acceptors (Lipinski definition) is 5. The van der Waals surface area contributed by atoms with E-state index in [1.165, 1.54) is 25.7 Å². The quantitative estimate of drug-likeness (QED) is 0.415. The lowest BCUT2D eigenvalue weighted by Crippen LogP contribution is -2.42. The number of hydrogen-bond donors (Lipinski definition) is 2. The standard InChI is InChI=1S/C14H25N5O2.HI/c1-4-20-10(2)13-18-12(21-19-13)9-16-14(15-3)17-11-7-5-6-8-11;/h10-11H,4-9H2,1-3H3,(H2,15,16,17);1H. The van der Waals surface area contributed by atoms with Gasteiger partial charge in [0.15, 0.2) is 11.8 Å². The van der Waals surface area contributed by atoms with Crippen LogP contribution in [0.5, 0.6) is 0 Å². The lowest BCUT2D eigenvalue weighted by molar-refractivity contribution is 0.0683. The predicted molar refractivity (Wildman–Crippen MR) is 95.3 cm³/mol. The Kier molecular flexibility index (Phi) is 8.69. The molecule has 22 heavy (non-hydrogen) atoms. The van der Waals surface area contributed by atoms with Crippen LogP contribution in [0.25, 0.3) is 0 Å². The zero-order valence-electron chi connectivity index (χ0n) is 13.5. The van der Waals surface area contributed by atoms with Crippen LogP contribution in [0.4, 0.5) is 0 Å². The van der Waals surface area contributed by atoms with Crippen molar-refractivity contribution in [2.45, 2.75) is 58.2 Å². The summed E-state index contributed by atoms with van der Waals surface area (Å²) in [6.07, 6.45) is 4.84. The Morgan fingerprint density at radius 2 is 2.18 bits per heavy atom. The maximum absolute atomic E-state index is 5.44. The van der Waals surface area contributed by atoms with Crippen LogP contribution in [-0.2, 0) is 11.3 Å². The third kappa shape index (κ3) is 5.71. The molecule has 1 saturated carbocycles. The zero-order chi connectivity index (χ0) is 15.1. The summed E-state index contributed by atoms with van der Waals surface area (Å²) in [5, 5.41) is 10.5. The molecular weight excluding hydrogens is 397 g/mol. The van der Waals surface area contributed by atoms with Gasteiger partial charge in [-0.1, -0.05) is 18.0 Å². The van der Waals surface area contributed by atoms with Crippen molar-refractivity contribution in [2.75, 3.05) is 13.7 Å². The smallest absolute Gasteiger partial charge is 0.246 e. The van der Waals surface area contributed by atoms with E-state index in [1.54, 1.807) is 7.05 Å². The molecule has 7 nitrogen and oxygen atoms in total. The molecule has 2 N–H and O–H groups in total. The number of guanidine groups is 1. The van der Waals surface area contributed by atoms with Crippen molar-refractivity contribution >= 4 is 29.9 Å². The highest BCUT2D eigenvalue weighted by Gasteiger charge is 2.17. The summed E-state index contributed by atoms with van der Waals surface area (Å²) in [5.41, 5.74) is 0.